The molecule has 0 radical (unpaired) electrons. The van der Waals surface area contributed by atoms with Gasteiger partial charge in [0.1, 0.15) is 0 Å². The molecule has 1 unspecified atom stereocenters. The van der Waals surface area contributed by atoms with E-state index in [1.165, 1.54) is 23.1 Å². The van der Waals surface area contributed by atoms with E-state index in [9.17, 15) is 0 Å². The number of aryl methyl sites for hydroxylation is 2. The number of nitrogens with two attached hydrogens (primary N) is 1. The van der Waals surface area contributed by atoms with Gasteiger partial charge in [0.25, 0.3) is 0 Å². The summed E-state index contributed by atoms with van der Waals surface area (Å²) in [5, 5.41) is 0.849. The summed E-state index contributed by atoms with van der Waals surface area (Å²) in [6, 6.07) is 4.36. The van der Waals surface area contributed by atoms with Crippen LogP contribution in [-0.2, 0) is 6.42 Å². The van der Waals surface area contributed by atoms with Crippen molar-refractivity contribution in [3.05, 3.63) is 33.8 Å². The summed E-state index contributed by atoms with van der Waals surface area (Å²) < 4.78 is 0. The lowest BCUT2D eigenvalue weighted by molar-refractivity contribution is 0.570. The maximum Gasteiger partial charge on any atom is 0.0459 e. The molecule has 0 aliphatic heterocycles. The summed E-state index contributed by atoms with van der Waals surface area (Å²) in [6.07, 6.45) is 3.38. The largest absolute Gasteiger partial charge is 0.324 e. The number of fused-ring (bicyclic) bond motifs is 1. The van der Waals surface area contributed by atoms with E-state index in [0.29, 0.717) is 0 Å². The van der Waals surface area contributed by atoms with Gasteiger partial charge >= 0.3 is 0 Å². The summed E-state index contributed by atoms with van der Waals surface area (Å²) >= 11 is 6.16. The second-order valence-corrected chi connectivity index (χ2v) is 4.23. The molecule has 1 aliphatic carbocycles. The Bertz CT molecular complexity index is 333. The summed E-state index contributed by atoms with van der Waals surface area (Å²) in [7, 11) is 0. The Labute approximate surface area is 83.9 Å². The molecule has 1 aromatic rings. The Morgan fingerprint density at radius 3 is 3.00 bits per heavy atom. The fourth-order valence-corrected chi connectivity index (χ4v) is 2.54. The van der Waals surface area contributed by atoms with Crippen LogP contribution >= 0.6 is 11.6 Å². The molecule has 1 atom stereocenters. The first kappa shape index (κ1) is 9.04. The van der Waals surface area contributed by atoms with Crippen molar-refractivity contribution in [1.29, 1.82) is 0 Å². The van der Waals surface area contributed by atoms with Gasteiger partial charge in [-0.05, 0) is 48.9 Å². The van der Waals surface area contributed by atoms with E-state index in [2.05, 4.69) is 13.0 Å². The molecule has 0 heterocycles. The quantitative estimate of drug-likeness (QED) is 0.677. The van der Waals surface area contributed by atoms with Crippen LogP contribution in [0.15, 0.2) is 12.1 Å². The van der Waals surface area contributed by atoms with Crippen molar-refractivity contribution in [2.45, 2.75) is 32.2 Å². The van der Waals surface area contributed by atoms with Gasteiger partial charge in [-0.1, -0.05) is 17.7 Å². The first-order chi connectivity index (χ1) is 6.18. The Balaban J connectivity index is 2.56. The molecule has 0 saturated heterocycles. The van der Waals surface area contributed by atoms with Crippen LogP contribution in [-0.4, -0.2) is 0 Å². The summed E-state index contributed by atoms with van der Waals surface area (Å²) in [6.45, 7) is 2.08. The van der Waals surface area contributed by atoms with Crippen LogP contribution < -0.4 is 5.73 Å². The molecule has 1 aliphatic rings. The Morgan fingerprint density at radius 1 is 1.46 bits per heavy atom. The molecule has 70 valence electrons. The van der Waals surface area contributed by atoms with Crippen molar-refractivity contribution >= 4 is 11.6 Å². The van der Waals surface area contributed by atoms with Crippen molar-refractivity contribution in [2.75, 3.05) is 0 Å². The fourth-order valence-electron chi connectivity index (χ4n) is 2.10. The third-order valence-electron chi connectivity index (χ3n) is 2.69. The normalized spacial score (nSPS) is 21.3. The number of rotatable bonds is 0. The Hall–Kier alpha value is -0.530. The molecule has 0 amide bonds. The Morgan fingerprint density at radius 2 is 2.23 bits per heavy atom. The molecule has 1 aromatic carbocycles. The molecular formula is C11H14ClN. The molecule has 2 rings (SSSR count). The molecule has 0 bridgehead atoms. The predicted octanol–water partition coefficient (Wildman–Crippen LogP) is 2.98. The molecular weight excluding hydrogens is 182 g/mol. The van der Waals surface area contributed by atoms with E-state index in [4.69, 9.17) is 17.3 Å². The third-order valence-corrected chi connectivity index (χ3v) is 3.00. The minimum Gasteiger partial charge on any atom is -0.324 e. The van der Waals surface area contributed by atoms with Gasteiger partial charge in [-0.25, -0.2) is 0 Å². The van der Waals surface area contributed by atoms with Gasteiger partial charge in [-0.15, -0.1) is 0 Å². The van der Waals surface area contributed by atoms with Crippen LogP contribution in [0, 0.1) is 6.92 Å². The topological polar surface area (TPSA) is 26.0 Å². The lowest BCUT2D eigenvalue weighted by atomic mass is 9.87. The average molecular weight is 196 g/mol. The molecule has 2 N–H and O–H groups in total. The fraction of sp³-hybridized carbons (Fsp3) is 0.455. The lowest BCUT2D eigenvalue weighted by Crippen LogP contribution is -2.18. The number of hydrogen-bond acceptors (Lipinski definition) is 1. The zero-order valence-corrected chi connectivity index (χ0v) is 8.56. The van der Waals surface area contributed by atoms with Crippen molar-refractivity contribution in [1.82, 2.24) is 0 Å². The van der Waals surface area contributed by atoms with Crippen LogP contribution in [0.4, 0.5) is 0 Å². The maximum absolute atomic E-state index is 6.16. The van der Waals surface area contributed by atoms with E-state index < -0.39 is 0 Å². The van der Waals surface area contributed by atoms with Crippen LogP contribution in [0.5, 0.6) is 0 Å². The van der Waals surface area contributed by atoms with Crippen molar-refractivity contribution in [2.24, 2.45) is 5.73 Å². The lowest BCUT2D eigenvalue weighted by Gasteiger charge is -2.23. The van der Waals surface area contributed by atoms with Gasteiger partial charge in [-0.3, -0.25) is 0 Å². The highest BCUT2D eigenvalue weighted by Gasteiger charge is 2.19. The van der Waals surface area contributed by atoms with Crippen LogP contribution in [0.3, 0.4) is 0 Å². The second-order valence-electron chi connectivity index (χ2n) is 3.82. The van der Waals surface area contributed by atoms with Gasteiger partial charge < -0.3 is 5.73 Å². The predicted molar refractivity (Wildman–Crippen MR) is 56.1 cm³/mol. The van der Waals surface area contributed by atoms with Crippen molar-refractivity contribution in [3.8, 4) is 0 Å². The number of halogens is 1. The Kier molecular flexibility index (Phi) is 2.31. The maximum atomic E-state index is 6.16. The van der Waals surface area contributed by atoms with E-state index in [0.717, 1.165) is 17.9 Å². The third kappa shape index (κ3) is 1.59. The smallest absolute Gasteiger partial charge is 0.0459 e. The van der Waals surface area contributed by atoms with E-state index in [1.54, 1.807) is 0 Å². The van der Waals surface area contributed by atoms with Crippen LogP contribution in [0.1, 0.15) is 35.6 Å². The van der Waals surface area contributed by atoms with Crippen LogP contribution in [0.25, 0.3) is 0 Å². The molecule has 0 fully saturated rings. The number of benzene rings is 1. The summed E-state index contributed by atoms with van der Waals surface area (Å²) in [4.78, 5) is 0. The highest BCUT2D eigenvalue weighted by molar-refractivity contribution is 6.31. The minimum absolute atomic E-state index is 0.150. The molecule has 0 saturated carbocycles. The summed E-state index contributed by atoms with van der Waals surface area (Å²) in [5.74, 6) is 0. The first-order valence-electron chi connectivity index (χ1n) is 4.73. The highest BCUT2D eigenvalue weighted by atomic mass is 35.5. The summed E-state index contributed by atoms with van der Waals surface area (Å²) in [5.41, 5.74) is 9.78. The molecule has 1 nitrogen and oxygen atoms in total. The van der Waals surface area contributed by atoms with E-state index in [-0.39, 0.29) is 6.04 Å². The van der Waals surface area contributed by atoms with Crippen molar-refractivity contribution in [3.63, 3.8) is 0 Å². The molecule has 2 heteroatoms. The minimum atomic E-state index is 0.150. The van der Waals surface area contributed by atoms with E-state index in [1.807, 2.05) is 6.07 Å². The highest BCUT2D eigenvalue weighted by Crippen LogP contribution is 2.34. The number of hydrogen-bond donors (Lipinski definition) is 1. The van der Waals surface area contributed by atoms with Gasteiger partial charge in [0.15, 0.2) is 0 Å². The second kappa shape index (κ2) is 3.32. The van der Waals surface area contributed by atoms with Crippen molar-refractivity contribution < 1.29 is 0 Å². The van der Waals surface area contributed by atoms with Gasteiger partial charge in [-0.2, -0.15) is 0 Å². The monoisotopic (exact) mass is 195 g/mol. The van der Waals surface area contributed by atoms with Gasteiger partial charge in [0.2, 0.25) is 0 Å². The SMILES string of the molecule is Cc1cc(Cl)c2c(c1)CCCC2N. The molecule has 13 heavy (non-hydrogen) atoms. The first-order valence-corrected chi connectivity index (χ1v) is 5.11. The zero-order chi connectivity index (χ0) is 9.42. The van der Waals surface area contributed by atoms with Gasteiger partial charge in [0.05, 0.1) is 0 Å². The van der Waals surface area contributed by atoms with Gasteiger partial charge in [0, 0.05) is 11.1 Å². The van der Waals surface area contributed by atoms with Crippen LogP contribution in [0.2, 0.25) is 5.02 Å². The molecule has 0 spiro atoms. The molecule has 0 aromatic heterocycles. The zero-order valence-electron chi connectivity index (χ0n) is 7.81. The van der Waals surface area contributed by atoms with E-state index >= 15 is 0 Å². The average Bonchev–Trinajstić information content (AvgIpc) is 2.02. The standard InChI is InChI=1S/C11H14ClN/c1-7-5-8-3-2-4-10(13)11(8)9(12)6-7/h5-6,10H,2-4,13H2,1H3.